The summed E-state index contributed by atoms with van der Waals surface area (Å²) >= 11 is 1.51. The topological polar surface area (TPSA) is 68.0 Å². The molecule has 1 aliphatic carbocycles. The molecule has 1 fully saturated rings. The molecule has 0 radical (unpaired) electrons. The maximum Gasteiger partial charge on any atom is 0.230 e. The predicted molar refractivity (Wildman–Crippen MR) is 97.4 cm³/mol. The predicted octanol–water partition coefficient (Wildman–Crippen LogP) is 3.71. The molecule has 1 unspecified atom stereocenters. The Morgan fingerprint density at radius 1 is 1.42 bits per heavy atom. The van der Waals surface area contributed by atoms with Crippen molar-refractivity contribution in [2.24, 2.45) is 11.7 Å². The lowest BCUT2D eigenvalue weighted by Crippen LogP contribution is -2.26. The number of aromatic nitrogens is 1. The molecule has 130 valence electrons. The smallest absolute Gasteiger partial charge is 0.230 e. The second kappa shape index (κ2) is 8.05. The highest BCUT2D eigenvalue weighted by Gasteiger charge is 2.30. The molecule has 1 saturated carbocycles. The van der Waals surface area contributed by atoms with Crippen LogP contribution in [-0.4, -0.2) is 17.4 Å². The van der Waals surface area contributed by atoms with Crippen LogP contribution < -0.4 is 11.1 Å². The molecule has 0 saturated heterocycles. The molecule has 2 aromatic rings. The Bertz CT molecular complexity index is 700. The maximum atomic E-state index is 13.0. The third kappa shape index (κ3) is 4.53. The van der Waals surface area contributed by atoms with Gasteiger partial charge in [-0.2, -0.15) is 0 Å². The molecule has 1 aromatic heterocycles. The van der Waals surface area contributed by atoms with Gasteiger partial charge in [0, 0.05) is 29.7 Å². The zero-order valence-electron chi connectivity index (χ0n) is 13.4. The molecule has 3 rings (SSSR count). The van der Waals surface area contributed by atoms with Crippen LogP contribution in [0.2, 0.25) is 0 Å². The summed E-state index contributed by atoms with van der Waals surface area (Å²) in [5.41, 5.74) is 7.65. The first kappa shape index (κ1) is 18.8. The van der Waals surface area contributed by atoms with E-state index in [1.165, 1.54) is 23.5 Å². The van der Waals surface area contributed by atoms with E-state index in [0.717, 1.165) is 29.0 Å². The van der Waals surface area contributed by atoms with Crippen LogP contribution in [0.25, 0.3) is 0 Å². The molecule has 1 heterocycles. The van der Waals surface area contributed by atoms with E-state index in [0.29, 0.717) is 24.0 Å². The van der Waals surface area contributed by atoms with E-state index in [2.05, 4.69) is 10.3 Å². The van der Waals surface area contributed by atoms with Gasteiger partial charge in [-0.15, -0.1) is 23.7 Å². The highest BCUT2D eigenvalue weighted by atomic mass is 35.5. The molecule has 1 aliphatic rings. The summed E-state index contributed by atoms with van der Waals surface area (Å²) in [4.78, 5) is 17.7. The van der Waals surface area contributed by atoms with Gasteiger partial charge in [0.1, 0.15) is 5.82 Å². The minimum absolute atomic E-state index is 0. The van der Waals surface area contributed by atoms with E-state index >= 15 is 0 Å². The molecular formula is C17H21ClFN3OS. The van der Waals surface area contributed by atoms with Crippen molar-refractivity contribution in [2.75, 3.05) is 11.9 Å². The fourth-order valence-electron chi connectivity index (χ4n) is 2.34. The zero-order chi connectivity index (χ0) is 16.4. The molecule has 24 heavy (non-hydrogen) atoms. The highest BCUT2D eigenvalue weighted by molar-refractivity contribution is 7.15. The minimum atomic E-state index is -0.233. The van der Waals surface area contributed by atoms with Crippen molar-refractivity contribution in [3.8, 4) is 0 Å². The van der Waals surface area contributed by atoms with Gasteiger partial charge in [0.2, 0.25) is 5.91 Å². The normalized spacial score (nSPS) is 14.8. The average Bonchev–Trinajstić information content (AvgIpc) is 3.31. The fraction of sp³-hybridized carbons (Fsp3) is 0.412. The Morgan fingerprint density at radius 2 is 2.08 bits per heavy atom. The first-order valence-corrected chi connectivity index (χ1v) is 8.63. The van der Waals surface area contributed by atoms with Crippen molar-refractivity contribution in [2.45, 2.75) is 32.1 Å². The van der Waals surface area contributed by atoms with Crippen LogP contribution in [0.15, 0.2) is 24.3 Å². The van der Waals surface area contributed by atoms with Gasteiger partial charge < -0.3 is 11.1 Å². The molecule has 7 heteroatoms. The Labute approximate surface area is 151 Å². The molecule has 3 N–H and O–H groups in total. The van der Waals surface area contributed by atoms with Crippen LogP contribution in [-0.2, 0) is 11.2 Å². The summed E-state index contributed by atoms with van der Waals surface area (Å²) in [6, 6.07) is 6.53. The lowest BCUT2D eigenvalue weighted by molar-refractivity contribution is -0.119. The third-order valence-electron chi connectivity index (χ3n) is 4.00. The van der Waals surface area contributed by atoms with Crippen LogP contribution in [0, 0.1) is 11.7 Å². The molecule has 4 nitrogen and oxygen atoms in total. The SMILES string of the molecule is CC(CN)C(=O)Nc1nc(C2CC2)c(Cc2ccc(F)cc2)s1.Cl. The van der Waals surface area contributed by atoms with E-state index in [1.807, 2.05) is 0 Å². The van der Waals surface area contributed by atoms with E-state index in [4.69, 9.17) is 5.73 Å². The minimum Gasteiger partial charge on any atom is -0.330 e. The molecule has 0 aliphatic heterocycles. The van der Waals surface area contributed by atoms with Crippen LogP contribution in [0.3, 0.4) is 0 Å². The molecule has 1 amide bonds. The summed E-state index contributed by atoms with van der Waals surface area (Å²) in [7, 11) is 0. The number of amides is 1. The third-order valence-corrected chi connectivity index (χ3v) is 4.99. The number of carbonyl (C=O) groups is 1. The van der Waals surface area contributed by atoms with Crippen molar-refractivity contribution >= 4 is 34.8 Å². The maximum absolute atomic E-state index is 13.0. The quantitative estimate of drug-likeness (QED) is 0.815. The van der Waals surface area contributed by atoms with Crippen molar-refractivity contribution in [3.63, 3.8) is 0 Å². The Kier molecular flexibility index (Phi) is 6.32. The lowest BCUT2D eigenvalue weighted by atomic mass is 10.1. The number of thiazole rings is 1. The summed E-state index contributed by atoms with van der Waals surface area (Å²) in [6.45, 7) is 2.11. The molecule has 1 atom stereocenters. The molecule has 0 spiro atoms. The first-order chi connectivity index (χ1) is 11.1. The van der Waals surface area contributed by atoms with E-state index in [9.17, 15) is 9.18 Å². The summed E-state index contributed by atoms with van der Waals surface area (Å²) in [5.74, 6) is -0.0655. The van der Waals surface area contributed by atoms with Crippen molar-refractivity contribution in [1.29, 1.82) is 0 Å². The number of hydrogen-bond acceptors (Lipinski definition) is 4. The Morgan fingerprint density at radius 3 is 2.67 bits per heavy atom. The van der Waals surface area contributed by atoms with Gasteiger partial charge >= 0.3 is 0 Å². The summed E-state index contributed by atoms with van der Waals surface area (Å²) in [5, 5.41) is 3.49. The standard InChI is InChI=1S/C17H20FN3OS.ClH/c1-10(9-19)16(22)21-17-20-15(12-4-5-12)14(23-17)8-11-2-6-13(18)7-3-11;/h2-3,6-7,10,12H,4-5,8-9,19H2,1H3,(H,20,21,22);1H. The summed E-state index contributed by atoms with van der Waals surface area (Å²) in [6.07, 6.45) is 3.01. The number of anilines is 1. The van der Waals surface area contributed by atoms with Crippen LogP contribution in [0.5, 0.6) is 0 Å². The Balaban J connectivity index is 0.00000208. The molecule has 0 bridgehead atoms. The van der Waals surface area contributed by atoms with Gasteiger partial charge in [-0.25, -0.2) is 9.37 Å². The van der Waals surface area contributed by atoms with Crippen LogP contribution in [0.4, 0.5) is 9.52 Å². The number of rotatable bonds is 6. The van der Waals surface area contributed by atoms with Gasteiger partial charge in [-0.1, -0.05) is 19.1 Å². The number of nitrogens with two attached hydrogens (primary N) is 1. The van der Waals surface area contributed by atoms with Crippen LogP contribution >= 0.6 is 23.7 Å². The van der Waals surface area contributed by atoms with Crippen molar-refractivity contribution in [1.82, 2.24) is 4.98 Å². The van der Waals surface area contributed by atoms with Gasteiger partial charge in [0.25, 0.3) is 0 Å². The second-order valence-corrected chi connectivity index (χ2v) is 7.11. The van der Waals surface area contributed by atoms with Gasteiger partial charge in [0.05, 0.1) is 5.69 Å². The summed E-state index contributed by atoms with van der Waals surface area (Å²) < 4.78 is 13.0. The monoisotopic (exact) mass is 369 g/mol. The van der Waals surface area contributed by atoms with Gasteiger partial charge in [-0.05, 0) is 30.5 Å². The second-order valence-electron chi connectivity index (χ2n) is 6.03. The number of benzene rings is 1. The van der Waals surface area contributed by atoms with Gasteiger partial charge in [-0.3, -0.25) is 4.79 Å². The lowest BCUT2D eigenvalue weighted by Gasteiger charge is -2.06. The number of nitrogens with one attached hydrogen (secondary N) is 1. The molecular weight excluding hydrogens is 349 g/mol. The van der Waals surface area contributed by atoms with E-state index < -0.39 is 0 Å². The zero-order valence-corrected chi connectivity index (χ0v) is 15.1. The molecule has 1 aromatic carbocycles. The van der Waals surface area contributed by atoms with Crippen molar-refractivity contribution < 1.29 is 9.18 Å². The fourth-order valence-corrected chi connectivity index (χ4v) is 3.43. The van der Waals surface area contributed by atoms with Crippen molar-refractivity contribution in [3.05, 3.63) is 46.2 Å². The average molecular weight is 370 g/mol. The Hall–Kier alpha value is -1.50. The van der Waals surface area contributed by atoms with E-state index in [1.54, 1.807) is 19.1 Å². The number of carbonyl (C=O) groups excluding carboxylic acids is 1. The largest absolute Gasteiger partial charge is 0.330 e. The number of hydrogen-bond donors (Lipinski definition) is 2. The number of nitrogens with zero attached hydrogens (tertiary/aromatic N) is 1. The highest BCUT2D eigenvalue weighted by Crippen LogP contribution is 2.44. The van der Waals surface area contributed by atoms with Crippen LogP contribution in [0.1, 0.15) is 41.8 Å². The van der Waals surface area contributed by atoms with E-state index in [-0.39, 0.29) is 30.0 Å². The first-order valence-electron chi connectivity index (χ1n) is 7.81. The van der Waals surface area contributed by atoms with Gasteiger partial charge in [0.15, 0.2) is 5.13 Å². The number of halogens is 2.